The highest BCUT2D eigenvalue weighted by molar-refractivity contribution is 5.55. The molecule has 1 aliphatic rings. The Balaban J connectivity index is 1.87. The average molecular weight is 261 g/mol. The topological polar surface area (TPSA) is 51.0 Å². The Labute approximate surface area is 111 Å². The van der Waals surface area contributed by atoms with Crippen LogP contribution in [-0.4, -0.2) is 16.7 Å². The highest BCUT2D eigenvalue weighted by atomic mass is 19.1. The molecule has 5 heteroatoms. The fourth-order valence-electron chi connectivity index (χ4n) is 2.42. The van der Waals surface area contributed by atoms with Crippen LogP contribution in [0.4, 0.5) is 4.39 Å². The first-order chi connectivity index (χ1) is 9.22. The van der Waals surface area contributed by atoms with Crippen molar-refractivity contribution < 1.29 is 8.91 Å². The van der Waals surface area contributed by atoms with E-state index in [0.29, 0.717) is 17.3 Å². The molecule has 0 radical (unpaired) electrons. The lowest BCUT2D eigenvalue weighted by Gasteiger charge is -2.19. The molecular weight excluding hydrogens is 245 g/mol. The van der Waals surface area contributed by atoms with E-state index in [1.54, 1.807) is 0 Å². The lowest BCUT2D eigenvalue weighted by molar-refractivity contribution is 0.297. The SMILES string of the molecule is Cc1cc(F)cc(-c2noc(C3CCCCN3)n2)c1. The van der Waals surface area contributed by atoms with Crippen LogP contribution in [0.3, 0.4) is 0 Å². The first kappa shape index (κ1) is 12.3. The van der Waals surface area contributed by atoms with E-state index in [2.05, 4.69) is 15.5 Å². The van der Waals surface area contributed by atoms with Crippen molar-refractivity contribution in [1.82, 2.24) is 15.5 Å². The Morgan fingerprint density at radius 3 is 2.95 bits per heavy atom. The van der Waals surface area contributed by atoms with Gasteiger partial charge in [0.2, 0.25) is 11.7 Å². The predicted molar refractivity (Wildman–Crippen MR) is 69.0 cm³/mol. The summed E-state index contributed by atoms with van der Waals surface area (Å²) < 4.78 is 18.7. The van der Waals surface area contributed by atoms with Crippen molar-refractivity contribution in [3.05, 3.63) is 35.5 Å². The number of hydrogen-bond donors (Lipinski definition) is 1. The van der Waals surface area contributed by atoms with E-state index in [-0.39, 0.29) is 11.9 Å². The van der Waals surface area contributed by atoms with Crippen LogP contribution in [0.15, 0.2) is 22.7 Å². The number of piperidine rings is 1. The molecule has 3 rings (SSSR count). The Bertz CT molecular complexity index is 556. The van der Waals surface area contributed by atoms with E-state index in [4.69, 9.17) is 4.52 Å². The lowest BCUT2D eigenvalue weighted by atomic mass is 10.1. The first-order valence-electron chi connectivity index (χ1n) is 6.57. The van der Waals surface area contributed by atoms with Gasteiger partial charge in [-0.2, -0.15) is 4.98 Å². The maximum absolute atomic E-state index is 13.4. The Morgan fingerprint density at radius 1 is 1.32 bits per heavy atom. The van der Waals surface area contributed by atoms with Gasteiger partial charge in [0, 0.05) is 5.56 Å². The van der Waals surface area contributed by atoms with Gasteiger partial charge < -0.3 is 9.84 Å². The number of benzene rings is 1. The normalized spacial score (nSPS) is 19.6. The largest absolute Gasteiger partial charge is 0.337 e. The summed E-state index contributed by atoms with van der Waals surface area (Å²) in [5.41, 5.74) is 1.50. The molecule has 1 aromatic heterocycles. The van der Waals surface area contributed by atoms with Gasteiger partial charge in [0.15, 0.2) is 0 Å². The second-order valence-electron chi connectivity index (χ2n) is 4.98. The number of rotatable bonds is 2. The van der Waals surface area contributed by atoms with Crippen LogP contribution < -0.4 is 5.32 Å². The molecule has 4 nitrogen and oxygen atoms in total. The number of nitrogens with zero attached hydrogens (tertiary/aromatic N) is 2. The Hall–Kier alpha value is -1.75. The molecule has 1 aromatic carbocycles. The van der Waals surface area contributed by atoms with E-state index >= 15 is 0 Å². The summed E-state index contributed by atoms with van der Waals surface area (Å²) >= 11 is 0. The molecule has 1 N–H and O–H groups in total. The van der Waals surface area contributed by atoms with E-state index in [0.717, 1.165) is 24.9 Å². The average Bonchev–Trinajstić information content (AvgIpc) is 2.88. The maximum atomic E-state index is 13.4. The number of hydrogen-bond acceptors (Lipinski definition) is 4. The molecule has 1 fully saturated rings. The van der Waals surface area contributed by atoms with Crippen LogP contribution in [0, 0.1) is 12.7 Å². The molecule has 100 valence electrons. The Morgan fingerprint density at radius 2 is 2.21 bits per heavy atom. The van der Waals surface area contributed by atoms with Crippen LogP contribution in [0.5, 0.6) is 0 Å². The molecule has 0 amide bonds. The minimum Gasteiger partial charge on any atom is -0.337 e. The van der Waals surface area contributed by atoms with Gasteiger partial charge in [-0.1, -0.05) is 11.6 Å². The molecule has 1 saturated heterocycles. The lowest BCUT2D eigenvalue weighted by Crippen LogP contribution is -2.26. The first-order valence-corrected chi connectivity index (χ1v) is 6.57. The Kier molecular flexibility index (Phi) is 3.29. The number of aryl methyl sites for hydroxylation is 1. The van der Waals surface area contributed by atoms with Crippen molar-refractivity contribution in [1.29, 1.82) is 0 Å². The van der Waals surface area contributed by atoms with E-state index in [9.17, 15) is 4.39 Å². The summed E-state index contributed by atoms with van der Waals surface area (Å²) in [4.78, 5) is 4.38. The summed E-state index contributed by atoms with van der Waals surface area (Å²) in [5.74, 6) is 0.763. The van der Waals surface area contributed by atoms with Gasteiger partial charge in [0.05, 0.1) is 6.04 Å². The zero-order chi connectivity index (χ0) is 13.2. The van der Waals surface area contributed by atoms with Gasteiger partial charge in [-0.15, -0.1) is 0 Å². The third kappa shape index (κ3) is 2.66. The second kappa shape index (κ2) is 5.09. The minimum atomic E-state index is -0.280. The van der Waals surface area contributed by atoms with Gasteiger partial charge in [-0.3, -0.25) is 0 Å². The minimum absolute atomic E-state index is 0.129. The standard InChI is InChI=1S/C14H16FN3O/c1-9-6-10(8-11(15)7-9)13-17-14(19-18-13)12-4-2-3-5-16-12/h6-8,12,16H,2-5H2,1H3. The quantitative estimate of drug-likeness (QED) is 0.902. The molecule has 2 heterocycles. The van der Waals surface area contributed by atoms with E-state index in [1.807, 2.05) is 13.0 Å². The molecule has 0 aliphatic carbocycles. The van der Waals surface area contributed by atoms with Gasteiger partial charge in [0.1, 0.15) is 5.82 Å². The van der Waals surface area contributed by atoms with Gasteiger partial charge in [0.25, 0.3) is 0 Å². The molecule has 1 aliphatic heterocycles. The van der Waals surface area contributed by atoms with Crippen LogP contribution >= 0.6 is 0 Å². The number of aromatic nitrogens is 2. The molecule has 0 saturated carbocycles. The van der Waals surface area contributed by atoms with Crippen LogP contribution in [0.25, 0.3) is 11.4 Å². The van der Waals surface area contributed by atoms with Gasteiger partial charge in [-0.05, 0) is 50.1 Å². The number of nitrogens with one attached hydrogen (secondary N) is 1. The summed E-state index contributed by atoms with van der Waals surface area (Å²) in [6.45, 7) is 2.82. The van der Waals surface area contributed by atoms with Crippen molar-refractivity contribution in [2.45, 2.75) is 32.2 Å². The van der Waals surface area contributed by atoms with E-state index in [1.165, 1.54) is 18.6 Å². The molecular formula is C14H16FN3O. The van der Waals surface area contributed by atoms with Gasteiger partial charge in [-0.25, -0.2) is 4.39 Å². The highest BCUT2D eigenvalue weighted by Gasteiger charge is 2.21. The van der Waals surface area contributed by atoms with Crippen molar-refractivity contribution >= 4 is 0 Å². The van der Waals surface area contributed by atoms with E-state index < -0.39 is 0 Å². The van der Waals surface area contributed by atoms with Crippen LogP contribution in [-0.2, 0) is 0 Å². The second-order valence-corrected chi connectivity index (χ2v) is 4.98. The van der Waals surface area contributed by atoms with Gasteiger partial charge >= 0.3 is 0 Å². The molecule has 19 heavy (non-hydrogen) atoms. The maximum Gasteiger partial charge on any atom is 0.244 e. The molecule has 2 aromatic rings. The molecule has 0 spiro atoms. The fraction of sp³-hybridized carbons (Fsp3) is 0.429. The van der Waals surface area contributed by atoms with Crippen molar-refractivity contribution in [3.8, 4) is 11.4 Å². The zero-order valence-corrected chi connectivity index (χ0v) is 10.8. The molecule has 1 unspecified atom stereocenters. The molecule has 1 atom stereocenters. The van der Waals surface area contributed by atoms with Crippen LogP contribution in [0.1, 0.15) is 36.8 Å². The summed E-state index contributed by atoms with van der Waals surface area (Å²) in [7, 11) is 0. The fourth-order valence-corrected chi connectivity index (χ4v) is 2.42. The summed E-state index contributed by atoms with van der Waals surface area (Å²) in [5, 5.41) is 7.30. The molecule has 0 bridgehead atoms. The third-order valence-electron chi connectivity index (χ3n) is 3.35. The monoisotopic (exact) mass is 261 g/mol. The zero-order valence-electron chi connectivity index (χ0n) is 10.8. The highest BCUT2D eigenvalue weighted by Crippen LogP contribution is 2.25. The summed E-state index contributed by atoms with van der Waals surface area (Å²) in [6.07, 6.45) is 3.35. The summed E-state index contributed by atoms with van der Waals surface area (Å²) in [6, 6.07) is 4.89. The van der Waals surface area contributed by atoms with Crippen molar-refractivity contribution in [3.63, 3.8) is 0 Å². The smallest absolute Gasteiger partial charge is 0.244 e. The van der Waals surface area contributed by atoms with Crippen molar-refractivity contribution in [2.24, 2.45) is 0 Å². The number of halogens is 1. The van der Waals surface area contributed by atoms with Crippen LogP contribution in [0.2, 0.25) is 0 Å². The third-order valence-corrected chi connectivity index (χ3v) is 3.35. The predicted octanol–water partition coefficient (Wildman–Crippen LogP) is 3.00. The van der Waals surface area contributed by atoms with Crippen molar-refractivity contribution in [2.75, 3.05) is 6.54 Å².